The van der Waals surface area contributed by atoms with Crippen LogP contribution >= 0.6 is 0 Å². The van der Waals surface area contributed by atoms with E-state index in [4.69, 9.17) is 0 Å². The highest BCUT2D eigenvalue weighted by atomic mass is 16.4. The van der Waals surface area contributed by atoms with E-state index < -0.39 is 17.4 Å². The van der Waals surface area contributed by atoms with Crippen molar-refractivity contribution in [2.45, 2.75) is 106 Å². The van der Waals surface area contributed by atoms with Crippen molar-refractivity contribution in [2.24, 2.45) is 56.2 Å². The molecule has 0 radical (unpaired) electrons. The van der Waals surface area contributed by atoms with Gasteiger partial charge >= 0.3 is 11.9 Å². The summed E-state index contributed by atoms with van der Waals surface area (Å²) in [4.78, 5) is 38.7. The first-order chi connectivity index (χ1) is 16.5. The van der Waals surface area contributed by atoms with Gasteiger partial charge in [0.2, 0.25) is 0 Å². The molecule has 0 spiro atoms. The highest BCUT2D eigenvalue weighted by Crippen LogP contribution is 2.75. The zero-order valence-electron chi connectivity index (χ0n) is 23.4. The van der Waals surface area contributed by atoms with Gasteiger partial charge in [-0.05, 0) is 110 Å². The molecule has 0 amide bonds. The number of rotatable bonds is 2. The number of carbonyl (C=O) groups excluding carboxylic acids is 1. The molecule has 4 fully saturated rings. The molecule has 0 aromatic carbocycles. The van der Waals surface area contributed by atoms with Gasteiger partial charge in [0.05, 0.1) is 11.3 Å². The summed E-state index contributed by atoms with van der Waals surface area (Å²) in [6.07, 6.45) is 9.58. The van der Waals surface area contributed by atoms with Crippen LogP contribution in [-0.4, -0.2) is 27.9 Å². The van der Waals surface area contributed by atoms with Crippen molar-refractivity contribution < 1.29 is 24.6 Å². The number of carboxylic acid groups (broad SMARTS) is 2. The fraction of sp³-hybridized carbons (Fsp3) is 0.839. The Labute approximate surface area is 216 Å². The number of fused-ring (bicyclic) bond motifs is 7. The van der Waals surface area contributed by atoms with Gasteiger partial charge in [-0.3, -0.25) is 14.4 Å². The minimum atomic E-state index is -0.743. The van der Waals surface area contributed by atoms with E-state index in [1.165, 1.54) is 5.57 Å². The number of carbonyl (C=O) groups is 3. The topological polar surface area (TPSA) is 91.7 Å². The molecule has 0 saturated heterocycles. The van der Waals surface area contributed by atoms with E-state index in [-0.39, 0.29) is 56.5 Å². The molecule has 5 rings (SSSR count). The fourth-order valence-corrected chi connectivity index (χ4v) is 10.8. The van der Waals surface area contributed by atoms with Gasteiger partial charge in [0, 0.05) is 5.92 Å². The predicted octanol–water partition coefficient (Wildman–Crippen LogP) is 6.75. The van der Waals surface area contributed by atoms with Gasteiger partial charge in [-0.2, -0.15) is 0 Å². The maximum absolute atomic E-state index is 14.3. The van der Waals surface area contributed by atoms with Crippen molar-refractivity contribution >= 4 is 17.7 Å². The lowest BCUT2D eigenvalue weighted by Crippen LogP contribution is -2.66. The summed E-state index contributed by atoms with van der Waals surface area (Å²) in [6, 6.07) is 0. The molecule has 0 bridgehead atoms. The monoisotopic (exact) mass is 498 g/mol. The molecule has 0 unspecified atom stereocenters. The fourth-order valence-electron chi connectivity index (χ4n) is 10.8. The summed E-state index contributed by atoms with van der Waals surface area (Å²) in [7, 11) is 0. The van der Waals surface area contributed by atoms with Gasteiger partial charge in [0.25, 0.3) is 0 Å². The molecular weight excluding hydrogens is 452 g/mol. The highest BCUT2D eigenvalue weighted by Gasteiger charge is 2.70. The Morgan fingerprint density at radius 1 is 0.861 bits per heavy atom. The summed E-state index contributed by atoms with van der Waals surface area (Å²) in [5.41, 5.74) is -0.401. The van der Waals surface area contributed by atoms with Crippen LogP contribution in [0.4, 0.5) is 0 Å². The molecule has 200 valence electrons. The standard InChI is InChI=1S/C31H46O5/c1-26(2)18(24(33)34)8-10-29(5)22(26)9-11-31(7)23(29)21(32)16-19-20-17-28(4,25(35)36)13-12-27(20,3)14-15-30(19,31)6/h16,18,20,22-23H,8-15,17H2,1-7H3,(H,33,34)(H,35,36)/t18-,20+,22+,23-,27-,28+,29+,30-,31-/m1/s1. The van der Waals surface area contributed by atoms with Crippen LogP contribution in [0.5, 0.6) is 0 Å². The Kier molecular flexibility index (Phi) is 5.39. The van der Waals surface area contributed by atoms with Crippen LogP contribution in [0.25, 0.3) is 0 Å². The van der Waals surface area contributed by atoms with Crippen molar-refractivity contribution in [1.82, 2.24) is 0 Å². The third-order valence-electron chi connectivity index (χ3n) is 13.4. The SMILES string of the molecule is CC1(C)[C@@H](C(=O)O)CC[C@]2(C)[C@H]3C(=O)C=C4[C@@H]5C[C@@](C)(C(=O)O)CC[C@]5(C)CC[C@@]4(C)[C@]3(C)CC[C@@H]12. The maximum Gasteiger partial charge on any atom is 0.309 e. The van der Waals surface area contributed by atoms with E-state index >= 15 is 0 Å². The Morgan fingerprint density at radius 3 is 2.11 bits per heavy atom. The molecule has 2 N–H and O–H groups in total. The third-order valence-corrected chi connectivity index (χ3v) is 13.4. The second-order valence-electron chi connectivity index (χ2n) is 15.3. The number of hydrogen-bond donors (Lipinski definition) is 2. The molecule has 0 heterocycles. The van der Waals surface area contributed by atoms with Gasteiger partial charge in [-0.25, -0.2) is 0 Å². The zero-order chi connectivity index (χ0) is 26.7. The predicted molar refractivity (Wildman–Crippen MR) is 138 cm³/mol. The van der Waals surface area contributed by atoms with Crippen LogP contribution in [0, 0.1) is 56.2 Å². The lowest BCUT2D eigenvalue weighted by Gasteiger charge is -2.70. The smallest absolute Gasteiger partial charge is 0.309 e. The average molecular weight is 499 g/mol. The van der Waals surface area contributed by atoms with Gasteiger partial charge in [-0.1, -0.05) is 47.1 Å². The average Bonchev–Trinajstić information content (AvgIpc) is 2.75. The summed E-state index contributed by atoms with van der Waals surface area (Å²) < 4.78 is 0. The molecule has 36 heavy (non-hydrogen) atoms. The minimum absolute atomic E-state index is 0.0480. The van der Waals surface area contributed by atoms with Crippen LogP contribution in [0.2, 0.25) is 0 Å². The summed E-state index contributed by atoms with van der Waals surface area (Å²) >= 11 is 0. The Hall–Kier alpha value is -1.65. The van der Waals surface area contributed by atoms with Crippen LogP contribution in [0.1, 0.15) is 106 Å². The first-order valence-corrected chi connectivity index (χ1v) is 14.2. The molecule has 0 aliphatic heterocycles. The number of aliphatic carboxylic acids is 2. The summed E-state index contributed by atoms with van der Waals surface area (Å²) in [5.74, 6) is -1.37. The number of allylic oxidation sites excluding steroid dienone is 2. The summed E-state index contributed by atoms with van der Waals surface area (Å²) in [5, 5.41) is 20.0. The van der Waals surface area contributed by atoms with E-state index in [1.54, 1.807) is 0 Å². The molecule has 0 aromatic heterocycles. The van der Waals surface area contributed by atoms with Gasteiger partial charge in [-0.15, -0.1) is 0 Å². The van der Waals surface area contributed by atoms with E-state index in [2.05, 4.69) is 41.5 Å². The first kappa shape index (κ1) is 26.0. The van der Waals surface area contributed by atoms with Crippen molar-refractivity contribution in [1.29, 1.82) is 0 Å². The van der Waals surface area contributed by atoms with Gasteiger partial charge in [0.1, 0.15) is 0 Å². The summed E-state index contributed by atoms with van der Waals surface area (Å²) in [6.45, 7) is 15.5. The van der Waals surface area contributed by atoms with E-state index in [0.29, 0.717) is 19.3 Å². The molecule has 4 saturated carbocycles. The van der Waals surface area contributed by atoms with Gasteiger partial charge < -0.3 is 10.2 Å². The zero-order valence-corrected chi connectivity index (χ0v) is 23.4. The Balaban J connectivity index is 1.61. The maximum atomic E-state index is 14.3. The number of carboxylic acids is 2. The van der Waals surface area contributed by atoms with E-state index in [1.807, 2.05) is 13.0 Å². The van der Waals surface area contributed by atoms with Crippen molar-refractivity contribution in [3.63, 3.8) is 0 Å². The highest BCUT2D eigenvalue weighted by molar-refractivity contribution is 5.95. The van der Waals surface area contributed by atoms with Crippen LogP contribution < -0.4 is 0 Å². The quantitative estimate of drug-likeness (QED) is 0.439. The largest absolute Gasteiger partial charge is 0.481 e. The minimum Gasteiger partial charge on any atom is -0.481 e. The Bertz CT molecular complexity index is 1060. The van der Waals surface area contributed by atoms with Crippen molar-refractivity contribution in [2.75, 3.05) is 0 Å². The molecule has 5 aliphatic rings. The molecule has 5 nitrogen and oxygen atoms in total. The molecular formula is C31H46O5. The third kappa shape index (κ3) is 3.04. The second kappa shape index (κ2) is 7.47. The number of hydrogen-bond acceptors (Lipinski definition) is 3. The normalized spacial score (nSPS) is 51.6. The lowest BCUT2D eigenvalue weighted by atomic mass is 9.33. The number of ketones is 1. The van der Waals surface area contributed by atoms with Crippen LogP contribution in [0.15, 0.2) is 11.6 Å². The first-order valence-electron chi connectivity index (χ1n) is 14.2. The second-order valence-corrected chi connectivity index (χ2v) is 15.3. The molecule has 5 aliphatic carbocycles. The lowest BCUT2D eigenvalue weighted by molar-refractivity contribution is -0.198. The van der Waals surface area contributed by atoms with Crippen LogP contribution in [0.3, 0.4) is 0 Å². The molecule has 9 atom stereocenters. The van der Waals surface area contributed by atoms with Crippen molar-refractivity contribution in [3.05, 3.63) is 11.6 Å². The van der Waals surface area contributed by atoms with E-state index in [9.17, 15) is 24.6 Å². The van der Waals surface area contributed by atoms with Gasteiger partial charge in [0.15, 0.2) is 5.78 Å². The molecule has 5 heteroatoms. The van der Waals surface area contributed by atoms with Crippen molar-refractivity contribution in [3.8, 4) is 0 Å². The van der Waals surface area contributed by atoms with Crippen LogP contribution in [-0.2, 0) is 14.4 Å². The molecule has 0 aromatic rings. The Morgan fingerprint density at radius 2 is 1.50 bits per heavy atom. The van der Waals surface area contributed by atoms with E-state index in [0.717, 1.165) is 38.5 Å².